The van der Waals surface area contributed by atoms with Gasteiger partial charge in [-0.05, 0) is 48.2 Å². The molecule has 0 atom stereocenters. The average molecular weight is 385 g/mol. The Labute approximate surface area is 170 Å². The van der Waals surface area contributed by atoms with Crippen molar-refractivity contribution in [1.29, 1.82) is 0 Å². The van der Waals surface area contributed by atoms with Gasteiger partial charge in [0.25, 0.3) is 0 Å². The van der Waals surface area contributed by atoms with Crippen LogP contribution in [0.4, 0.5) is 5.69 Å². The fraction of sp³-hybridized carbons (Fsp3) is 0.125. The molecule has 146 valence electrons. The summed E-state index contributed by atoms with van der Waals surface area (Å²) >= 11 is 0. The number of hydrogen-bond acceptors (Lipinski definition) is 5. The number of hydrazone groups is 1. The van der Waals surface area contributed by atoms with E-state index >= 15 is 0 Å². The van der Waals surface area contributed by atoms with E-state index in [-0.39, 0.29) is 11.5 Å². The molecule has 0 spiro atoms. The monoisotopic (exact) mass is 385 g/mol. The SMILES string of the molecule is CO/N=C\C(=N\Nc1ccc(C)c(C)c1)C(=O)c1ccc(-c2ccccc2)cc1. The van der Waals surface area contributed by atoms with Gasteiger partial charge in [0.2, 0.25) is 5.78 Å². The molecule has 1 N–H and O–H groups in total. The first-order valence-corrected chi connectivity index (χ1v) is 9.26. The smallest absolute Gasteiger partial charge is 0.214 e. The lowest BCUT2D eigenvalue weighted by molar-refractivity contribution is 0.106. The van der Waals surface area contributed by atoms with Crippen LogP contribution < -0.4 is 5.43 Å². The molecule has 0 aliphatic carbocycles. The number of carbonyl (C=O) groups excluding carboxylic acids is 1. The highest BCUT2D eigenvalue weighted by molar-refractivity contribution is 6.64. The molecule has 0 aliphatic heterocycles. The summed E-state index contributed by atoms with van der Waals surface area (Å²) in [6, 6.07) is 23.3. The van der Waals surface area contributed by atoms with E-state index in [2.05, 4.69) is 15.7 Å². The highest BCUT2D eigenvalue weighted by atomic mass is 16.6. The third kappa shape index (κ3) is 5.17. The highest BCUT2D eigenvalue weighted by Gasteiger charge is 2.13. The molecule has 0 aromatic heterocycles. The van der Waals surface area contributed by atoms with Gasteiger partial charge in [0, 0.05) is 5.56 Å². The van der Waals surface area contributed by atoms with Gasteiger partial charge in [-0.1, -0.05) is 65.8 Å². The first kappa shape index (κ1) is 20.0. The highest BCUT2D eigenvalue weighted by Crippen LogP contribution is 2.19. The van der Waals surface area contributed by atoms with Gasteiger partial charge in [0.15, 0.2) is 5.71 Å². The summed E-state index contributed by atoms with van der Waals surface area (Å²) in [5.41, 5.74) is 8.86. The van der Waals surface area contributed by atoms with Gasteiger partial charge in [0.1, 0.15) is 7.11 Å². The normalized spacial score (nSPS) is 11.5. The van der Waals surface area contributed by atoms with Crippen LogP contribution in [0, 0.1) is 13.8 Å². The third-order valence-corrected chi connectivity index (χ3v) is 4.58. The first-order chi connectivity index (χ1) is 14.1. The zero-order chi connectivity index (χ0) is 20.6. The second-order valence-corrected chi connectivity index (χ2v) is 6.60. The van der Waals surface area contributed by atoms with Gasteiger partial charge in [-0.25, -0.2) is 0 Å². The number of anilines is 1. The number of nitrogens with one attached hydrogen (secondary N) is 1. The van der Waals surface area contributed by atoms with E-state index in [4.69, 9.17) is 4.84 Å². The number of oxime groups is 1. The molecule has 3 rings (SSSR count). The standard InChI is InChI=1S/C24H23N3O2/c1-17-9-14-22(15-18(17)2)26-27-23(16-25-29-3)24(28)21-12-10-20(11-13-21)19-7-5-4-6-8-19/h4-16,26H,1-3H3/b25-16-,27-23-. The van der Waals surface area contributed by atoms with Crippen LogP contribution >= 0.6 is 0 Å². The minimum Gasteiger partial charge on any atom is -0.399 e. The predicted molar refractivity (Wildman–Crippen MR) is 119 cm³/mol. The van der Waals surface area contributed by atoms with E-state index in [1.54, 1.807) is 12.1 Å². The minimum atomic E-state index is -0.248. The topological polar surface area (TPSA) is 63.1 Å². The number of ketones is 1. The molecule has 3 aromatic carbocycles. The molecule has 29 heavy (non-hydrogen) atoms. The Morgan fingerprint density at radius 1 is 0.897 bits per heavy atom. The first-order valence-electron chi connectivity index (χ1n) is 9.26. The van der Waals surface area contributed by atoms with Gasteiger partial charge in [-0.2, -0.15) is 5.10 Å². The second kappa shape index (κ2) is 9.46. The molecule has 0 fully saturated rings. The molecule has 0 amide bonds. The fourth-order valence-corrected chi connectivity index (χ4v) is 2.77. The quantitative estimate of drug-likeness (QED) is 0.343. The molecule has 0 radical (unpaired) electrons. The van der Waals surface area contributed by atoms with E-state index in [0.717, 1.165) is 22.4 Å². The van der Waals surface area contributed by atoms with Crippen LogP contribution in [-0.4, -0.2) is 24.8 Å². The molecule has 0 unspecified atom stereocenters. The predicted octanol–water partition coefficient (Wildman–Crippen LogP) is 5.25. The third-order valence-electron chi connectivity index (χ3n) is 4.58. The minimum absolute atomic E-state index is 0.150. The molecule has 0 saturated carbocycles. The number of carbonyl (C=O) groups is 1. The van der Waals surface area contributed by atoms with Crippen molar-refractivity contribution in [3.8, 4) is 11.1 Å². The number of hydrogen-bond donors (Lipinski definition) is 1. The molecule has 0 aliphatic rings. The second-order valence-electron chi connectivity index (χ2n) is 6.60. The summed E-state index contributed by atoms with van der Waals surface area (Å²) < 4.78 is 0. The molecular weight excluding hydrogens is 362 g/mol. The van der Waals surface area contributed by atoms with Crippen molar-refractivity contribution in [2.45, 2.75) is 13.8 Å². The van der Waals surface area contributed by atoms with Gasteiger partial charge in [-0.15, -0.1) is 0 Å². The maximum Gasteiger partial charge on any atom is 0.214 e. The van der Waals surface area contributed by atoms with Crippen molar-refractivity contribution in [2.24, 2.45) is 10.3 Å². The van der Waals surface area contributed by atoms with Gasteiger partial charge in [-0.3, -0.25) is 10.2 Å². The van der Waals surface area contributed by atoms with Crippen LogP contribution in [-0.2, 0) is 4.84 Å². The molecular formula is C24H23N3O2. The van der Waals surface area contributed by atoms with Crippen molar-refractivity contribution in [1.82, 2.24) is 0 Å². The largest absolute Gasteiger partial charge is 0.399 e. The van der Waals surface area contributed by atoms with Gasteiger partial charge < -0.3 is 4.84 Å². The lowest BCUT2D eigenvalue weighted by Gasteiger charge is -2.07. The van der Waals surface area contributed by atoms with Crippen molar-refractivity contribution < 1.29 is 9.63 Å². The van der Waals surface area contributed by atoms with Crippen LogP contribution in [0.3, 0.4) is 0 Å². The van der Waals surface area contributed by atoms with Crippen LogP contribution in [0.2, 0.25) is 0 Å². The van der Waals surface area contributed by atoms with E-state index < -0.39 is 0 Å². The number of aryl methyl sites for hydroxylation is 2. The molecule has 5 nitrogen and oxygen atoms in total. The van der Waals surface area contributed by atoms with E-state index in [9.17, 15) is 4.79 Å². The summed E-state index contributed by atoms with van der Waals surface area (Å²) in [6.45, 7) is 4.07. The molecule has 0 bridgehead atoms. The Balaban J connectivity index is 1.83. The summed E-state index contributed by atoms with van der Waals surface area (Å²) in [4.78, 5) is 17.7. The van der Waals surface area contributed by atoms with Crippen molar-refractivity contribution in [3.63, 3.8) is 0 Å². The van der Waals surface area contributed by atoms with Crippen LogP contribution in [0.1, 0.15) is 21.5 Å². The van der Waals surface area contributed by atoms with Gasteiger partial charge in [0.05, 0.1) is 11.9 Å². The van der Waals surface area contributed by atoms with E-state index in [1.807, 2.05) is 74.5 Å². The molecule has 0 heterocycles. The molecule has 3 aromatic rings. The number of nitrogens with zero attached hydrogens (tertiary/aromatic N) is 2. The number of Topliss-reactive ketones (excluding diaryl/α,β-unsaturated/α-hetero) is 1. The fourth-order valence-electron chi connectivity index (χ4n) is 2.77. The maximum absolute atomic E-state index is 12.9. The zero-order valence-electron chi connectivity index (χ0n) is 16.7. The average Bonchev–Trinajstić information content (AvgIpc) is 2.76. The van der Waals surface area contributed by atoms with Crippen molar-refractivity contribution >= 4 is 23.4 Å². The Kier molecular flexibility index (Phi) is 6.53. The Morgan fingerprint density at radius 2 is 1.59 bits per heavy atom. The van der Waals surface area contributed by atoms with E-state index in [1.165, 1.54) is 18.9 Å². The molecule has 5 heteroatoms. The Morgan fingerprint density at radius 3 is 2.24 bits per heavy atom. The van der Waals surface area contributed by atoms with Crippen molar-refractivity contribution in [2.75, 3.05) is 12.5 Å². The lowest BCUT2D eigenvalue weighted by atomic mass is 10.0. The number of rotatable bonds is 7. The van der Waals surface area contributed by atoms with Crippen molar-refractivity contribution in [3.05, 3.63) is 89.5 Å². The van der Waals surface area contributed by atoms with Crippen LogP contribution in [0.25, 0.3) is 11.1 Å². The Hall–Kier alpha value is -3.73. The maximum atomic E-state index is 12.9. The van der Waals surface area contributed by atoms with Crippen LogP contribution in [0.5, 0.6) is 0 Å². The number of benzene rings is 3. The zero-order valence-corrected chi connectivity index (χ0v) is 16.7. The van der Waals surface area contributed by atoms with E-state index in [0.29, 0.717) is 5.56 Å². The van der Waals surface area contributed by atoms with Gasteiger partial charge >= 0.3 is 0 Å². The summed E-state index contributed by atoms with van der Waals surface area (Å²) in [5.74, 6) is -0.248. The molecule has 0 saturated heterocycles. The van der Waals surface area contributed by atoms with Crippen LogP contribution in [0.15, 0.2) is 83.1 Å². The Bertz CT molecular complexity index is 1040. The summed E-state index contributed by atoms with van der Waals surface area (Å²) in [6.07, 6.45) is 1.31. The summed E-state index contributed by atoms with van der Waals surface area (Å²) in [7, 11) is 1.42. The summed E-state index contributed by atoms with van der Waals surface area (Å²) in [5, 5.41) is 7.96. The lowest BCUT2D eigenvalue weighted by Crippen LogP contribution is -2.18.